The van der Waals surface area contributed by atoms with Crippen molar-refractivity contribution < 1.29 is 19.0 Å². The quantitative estimate of drug-likeness (QED) is 0.410. The van der Waals surface area contributed by atoms with Gasteiger partial charge in [-0.15, -0.1) is 0 Å². The molecule has 0 bridgehead atoms. The first-order valence-electron chi connectivity index (χ1n) is 9.84. The van der Waals surface area contributed by atoms with Gasteiger partial charge in [0.05, 0.1) is 12.8 Å². The number of carbonyl (C=O) groups excluding carboxylic acids is 1. The second kappa shape index (κ2) is 9.63. The topological polar surface area (TPSA) is 73.4 Å². The molecule has 0 atom stereocenters. The molecule has 0 aliphatic rings. The van der Waals surface area contributed by atoms with E-state index in [2.05, 4.69) is 10.2 Å². The van der Waals surface area contributed by atoms with Gasteiger partial charge in [-0.25, -0.2) is 4.79 Å². The summed E-state index contributed by atoms with van der Waals surface area (Å²) in [6.45, 7) is 0.854. The van der Waals surface area contributed by atoms with Crippen molar-refractivity contribution in [3.8, 4) is 22.8 Å². The highest BCUT2D eigenvalue weighted by Gasteiger charge is 2.13. The second-order valence-corrected chi connectivity index (χ2v) is 6.90. The normalized spacial score (nSPS) is 10.5. The first-order valence-corrected chi connectivity index (χ1v) is 9.84. The first-order chi connectivity index (χ1) is 15.2. The third kappa shape index (κ3) is 5.30. The van der Waals surface area contributed by atoms with E-state index in [-0.39, 0.29) is 5.69 Å². The summed E-state index contributed by atoms with van der Waals surface area (Å²) in [6.07, 6.45) is 0. The summed E-state index contributed by atoms with van der Waals surface area (Å²) in [5, 5.41) is 6.94. The number of hydrogen-bond donors (Lipinski definition) is 1. The molecule has 0 radical (unpaired) electrons. The zero-order valence-electron chi connectivity index (χ0n) is 17.1. The van der Waals surface area contributed by atoms with Crippen LogP contribution in [0.3, 0.4) is 0 Å². The van der Waals surface area contributed by atoms with E-state index in [0.717, 1.165) is 16.7 Å². The summed E-state index contributed by atoms with van der Waals surface area (Å²) in [6, 6.07) is 27.1. The monoisotopic (exact) mass is 414 g/mol. The minimum absolute atomic E-state index is 0.278. The lowest BCUT2D eigenvalue weighted by Crippen LogP contribution is -2.00. The number of hydrogen-bond acceptors (Lipinski definition) is 5. The first kappa shape index (κ1) is 20.2. The molecule has 1 aromatic heterocycles. The predicted octanol–water partition coefficient (Wildman–Crippen LogP) is 5.02. The van der Waals surface area contributed by atoms with Crippen LogP contribution >= 0.6 is 0 Å². The number of methoxy groups -OCH3 is 1. The lowest BCUT2D eigenvalue weighted by molar-refractivity contribution is 0.0594. The van der Waals surface area contributed by atoms with E-state index in [1.807, 2.05) is 78.9 Å². The Bertz CT molecular complexity index is 1080. The molecule has 0 spiro atoms. The Morgan fingerprint density at radius 1 is 0.806 bits per heavy atom. The van der Waals surface area contributed by atoms with Gasteiger partial charge in [0.2, 0.25) is 0 Å². The zero-order valence-corrected chi connectivity index (χ0v) is 17.1. The van der Waals surface area contributed by atoms with Gasteiger partial charge in [-0.05, 0) is 29.3 Å². The fourth-order valence-electron chi connectivity index (χ4n) is 3.05. The van der Waals surface area contributed by atoms with Crippen LogP contribution in [-0.2, 0) is 18.0 Å². The van der Waals surface area contributed by atoms with Crippen molar-refractivity contribution in [1.82, 2.24) is 10.2 Å². The van der Waals surface area contributed by atoms with Gasteiger partial charge < -0.3 is 14.2 Å². The maximum atomic E-state index is 11.8. The summed E-state index contributed by atoms with van der Waals surface area (Å²) >= 11 is 0. The fraction of sp³-hybridized carbons (Fsp3) is 0.120. The SMILES string of the molecule is COC(=O)c1cc(-c2cc(OCc3ccccc3)cc(OCc3ccccc3)c2)n[nH]1. The van der Waals surface area contributed by atoms with E-state index < -0.39 is 5.97 Å². The van der Waals surface area contributed by atoms with Gasteiger partial charge >= 0.3 is 5.97 Å². The number of aromatic amines is 1. The highest BCUT2D eigenvalue weighted by molar-refractivity contribution is 5.88. The van der Waals surface area contributed by atoms with Gasteiger partial charge in [0.25, 0.3) is 0 Å². The molecule has 0 amide bonds. The maximum Gasteiger partial charge on any atom is 0.356 e. The van der Waals surface area contributed by atoms with Crippen LogP contribution in [0, 0.1) is 0 Å². The van der Waals surface area contributed by atoms with E-state index in [4.69, 9.17) is 14.2 Å². The standard InChI is InChI=1S/C25H22N2O4/c1-29-25(28)24-15-23(26-27-24)20-12-21(30-16-18-8-4-2-5-9-18)14-22(13-20)31-17-19-10-6-3-7-11-19/h2-15H,16-17H2,1H3,(H,26,27). The Labute approximate surface area is 180 Å². The second-order valence-electron chi connectivity index (χ2n) is 6.90. The molecule has 4 aromatic rings. The highest BCUT2D eigenvalue weighted by Crippen LogP contribution is 2.30. The van der Waals surface area contributed by atoms with E-state index >= 15 is 0 Å². The summed E-state index contributed by atoms with van der Waals surface area (Å²) in [5.74, 6) is 0.815. The van der Waals surface area contributed by atoms with Crippen LogP contribution < -0.4 is 9.47 Å². The number of rotatable bonds is 8. The van der Waals surface area contributed by atoms with Crippen molar-refractivity contribution in [3.63, 3.8) is 0 Å². The Morgan fingerprint density at radius 2 is 1.35 bits per heavy atom. The van der Waals surface area contributed by atoms with Crippen LogP contribution in [0.2, 0.25) is 0 Å². The number of carbonyl (C=O) groups is 1. The van der Waals surface area contributed by atoms with Gasteiger partial charge in [0, 0.05) is 11.6 Å². The van der Waals surface area contributed by atoms with E-state index in [1.54, 1.807) is 6.07 Å². The molecule has 0 fully saturated rings. The van der Waals surface area contributed by atoms with Gasteiger partial charge in [-0.3, -0.25) is 5.10 Å². The van der Waals surface area contributed by atoms with E-state index in [0.29, 0.717) is 30.4 Å². The molecular weight excluding hydrogens is 392 g/mol. The minimum Gasteiger partial charge on any atom is -0.489 e. The Balaban J connectivity index is 1.59. The predicted molar refractivity (Wildman–Crippen MR) is 117 cm³/mol. The van der Waals surface area contributed by atoms with Crippen LogP contribution in [-0.4, -0.2) is 23.3 Å². The van der Waals surface area contributed by atoms with Crippen molar-refractivity contribution in [3.05, 3.63) is 102 Å². The summed E-state index contributed by atoms with van der Waals surface area (Å²) < 4.78 is 16.8. The number of H-pyrrole nitrogens is 1. The van der Waals surface area contributed by atoms with Crippen molar-refractivity contribution >= 4 is 5.97 Å². The average Bonchev–Trinajstić information content (AvgIpc) is 3.33. The molecule has 1 N–H and O–H groups in total. The lowest BCUT2D eigenvalue weighted by Gasteiger charge is -2.12. The Morgan fingerprint density at radius 3 is 1.87 bits per heavy atom. The van der Waals surface area contributed by atoms with Crippen LogP contribution in [0.25, 0.3) is 11.3 Å². The molecule has 156 valence electrons. The summed E-state index contributed by atoms with van der Waals surface area (Å²) in [5.41, 5.74) is 3.76. The van der Waals surface area contributed by atoms with Crippen molar-refractivity contribution in [2.24, 2.45) is 0 Å². The van der Waals surface area contributed by atoms with Crippen molar-refractivity contribution in [2.75, 3.05) is 7.11 Å². The smallest absolute Gasteiger partial charge is 0.356 e. The van der Waals surface area contributed by atoms with Crippen LogP contribution in [0.1, 0.15) is 21.6 Å². The molecule has 0 saturated carbocycles. The highest BCUT2D eigenvalue weighted by atomic mass is 16.5. The number of esters is 1. The number of aromatic nitrogens is 2. The van der Waals surface area contributed by atoms with Gasteiger partial charge in [-0.1, -0.05) is 60.7 Å². The number of benzene rings is 3. The van der Waals surface area contributed by atoms with E-state index in [9.17, 15) is 4.79 Å². The molecule has 0 unspecified atom stereocenters. The summed E-state index contributed by atoms with van der Waals surface area (Å²) in [4.78, 5) is 11.8. The molecule has 31 heavy (non-hydrogen) atoms. The van der Waals surface area contributed by atoms with Crippen LogP contribution in [0.4, 0.5) is 0 Å². The van der Waals surface area contributed by atoms with Crippen LogP contribution in [0.5, 0.6) is 11.5 Å². The lowest BCUT2D eigenvalue weighted by atomic mass is 10.1. The molecule has 0 aliphatic heterocycles. The van der Waals surface area contributed by atoms with E-state index in [1.165, 1.54) is 7.11 Å². The van der Waals surface area contributed by atoms with Gasteiger partial charge in [-0.2, -0.15) is 5.10 Å². The molecule has 3 aromatic carbocycles. The number of nitrogens with zero attached hydrogens (tertiary/aromatic N) is 1. The van der Waals surface area contributed by atoms with Gasteiger partial charge in [0.1, 0.15) is 30.4 Å². The van der Waals surface area contributed by atoms with Crippen molar-refractivity contribution in [2.45, 2.75) is 13.2 Å². The van der Waals surface area contributed by atoms with Crippen molar-refractivity contribution in [1.29, 1.82) is 0 Å². The Kier molecular flexibility index (Phi) is 6.28. The molecular formula is C25H22N2O4. The minimum atomic E-state index is -0.476. The molecule has 0 aliphatic carbocycles. The number of nitrogens with one attached hydrogen (secondary N) is 1. The molecule has 4 rings (SSSR count). The molecule has 6 nitrogen and oxygen atoms in total. The largest absolute Gasteiger partial charge is 0.489 e. The number of ether oxygens (including phenoxy) is 3. The fourth-order valence-corrected chi connectivity index (χ4v) is 3.05. The maximum absolute atomic E-state index is 11.8. The molecule has 0 saturated heterocycles. The third-order valence-corrected chi connectivity index (χ3v) is 4.66. The van der Waals surface area contributed by atoms with Crippen LogP contribution in [0.15, 0.2) is 84.9 Å². The van der Waals surface area contributed by atoms with Gasteiger partial charge in [0.15, 0.2) is 0 Å². The average molecular weight is 414 g/mol. The molecule has 6 heteroatoms. The Hall–Kier alpha value is -4.06. The third-order valence-electron chi connectivity index (χ3n) is 4.66. The summed E-state index contributed by atoms with van der Waals surface area (Å²) in [7, 11) is 1.33. The zero-order chi connectivity index (χ0) is 21.5. The molecule has 1 heterocycles.